The number of amides is 1. The first-order valence-corrected chi connectivity index (χ1v) is 6.90. The zero-order chi connectivity index (χ0) is 15.2. The lowest BCUT2D eigenvalue weighted by Crippen LogP contribution is -2.20. The summed E-state index contributed by atoms with van der Waals surface area (Å²) in [5, 5.41) is 20.9. The summed E-state index contributed by atoms with van der Waals surface area (Å²) in [6.45, 7) is 0. The Kier molecular flexibility index (Phi) is 4.71. The number of nitrogens with zero attached hydrogens (tertiary/aromatic N) is 2. The number of halogens is 1. The molecule has 102 valence electrons. The van der Waals surface area contributed by atoms with Gasteiger partial charge in [0.1, 0.15) is 6.07 Å². The molecule has 4 nitrogen and oxygen atoms in total. The van der Waals surface area contributed by atoms with Gasteiger partial charge in [0.05, 0.1) is 17.3 Å². The van der Waals surface area contributed by atoms with Gasteiger partial charge in [-0.3, -0.25) is 4.79 Å². The standard InChI is InChI=1S/C16H10BrN3O/c17-13-7-6-12(9-18)15(8-13)20-16(21)14(10-19)11-4-2-1-3-5-11/h1-8,14H,(H,20,21). The van der Waals surface area contributed by atoms with Crippen molar-refractivity contribution < 1.29 is 4.79 Å². The first-order chi connectivity index (χ1) is 10.2. The first-order valence-electron chi connectivity index (χ1n) is 6.11. The average molecular weight is 340 g/mol. The Morgan fingerprint density at radius 1 is 1.14 bits per heavy atom. The van der Waals surface area contributed by atoms with Crippen LogP contribution in [0, 0.1) is 22.7 Å². The fourth-order valence-electron chi connectivity index (χ4n) is 1.85. The maximum Gasteiger partial charge on any atom is 0.246 e. The van der Waals surface area contributed by atoms with Gasteiger partial charge in [-0.1, -0.05) is 46.3 Å². The van der Waals surface area contributed by atoms with Crippen LogP contribution in [0.1, 0.15) is 17.0 Å². The minimum absolute atomic E-state index is 0.344. The van der Waals surface area contributed by atoms with Crippen LogP contribution in [-0.4, -0.2) is 5.91 Å². The molecule has 0 saturated heterocycles. The topological polar surface area (TPSA) is 76.7 Å². The predicted molar refractivity (Wildman–Crippen MR) is 82.3 cm³/mol. The van der Waals surface area contributed by atoms with Crippen LogP contribution in [0.3, 0.4) is 0 Å². The van der Waals surface area contributed by atoms with Crippen LogP contribution < -0.4 is 5.32 Å². The number of carbonyl (C=O) groups is 1. The van der Waals surface area contributed by atoms with E-state index in [2.05, 4.69) is 21.2 Å². The van der Waals surface area contributed by atoms with Crippen molar-refractivity contribution in [2.24, 2.45) is 0 Å². The van der Waals surface area contributed by atoms with Crippen molar-refractivity contribution in [3.63, 3.8) is 0 Å². The maximum atomic E-state index is 12.3. The van der Waals surface area contributed by atoms with E-state index in [9.17, 15) is 10.1 Å². The molecular formula is C16H10BrN3O. The third-order valence-corrected chi connectivity index (χ3v) is 3.38. The summed E-state index contributed by atoms with van der Waals surface area (Å²) in [7, 11) is 0. The number of carbonyl (C=O) groups excluding carboxylic acids is 1. The summed E-state index contributed by atoms with van der Waals surface area (Å²) < 4.78 is 0.741. The molecule has 0 saturated carbocycles. The van der Waals surface area contributed by atoms with Crippen molar-refractivity contribution >= 4 is 27.5 Å². The average Bonchev–Trinajstić information content (AvgIpc) is 2.49. The quantitative estimate of drug-likeness (QED) is 0.928. The summed E-state index contributed by atoms with van der Waals surface area (Å²) in [5.74, 6) is -1.38. The van der Waals surface area contributed by atoms with Crippen molar-refractivity contribution in [3.05, 3.63) is 64.1 Å². The fraction of sp³-hybridized carbons (Fsp3) is 0.0625. The zero-order valence-corrected chi connectivity index (χ0v) is 12.5. The molecule has 2 aromatic carbocycles. The SMILES string of the molecule is N#Cc1ccc(Br)cc1NC(=O)C(C#N)c1ccccc1. The molecule has 1 amide bonds. The Labute approximate surface area is 130 Å². The molecule has 0 fully saturated rings. The Hall–Kier alpha value is -2.63. The highest BCUT2D eigenvalue weighted by Crippen LogP contribution is 2.23. The number of nitrogens with one attached hydrogen (secondary N) is 1. The van der Waals surface area contributed by atoms with Crippen molar-refractivity contribution in [3.8, 4) is 12.1 Å². The molecule has 0 radical (unpaired) electrons. The number of nitriles is 2. The summed E-state index contributed by atoms with van der Waals surface area (Å²) >= 11 is 3.29. The molecule has 0 aliphatic heterocycles. The van der Waals surface area contributed by atoms with Crippen LogP contribution in [0.5, 0.6) is 0 Å². The Bertz CT molecular complexity index is 744. The van der Waals surface area contributed by atoms with Crippen molar-refractivity contribution in [1.29, 1.82) is 10.5 Å². The minimum atomic E-state index is -0.920. The molecule has 1 N–H and O–H groups in total. The van der Waals surface area contributed by atoms with Crippen LogP contribution in [-0.2, 0) is 4.79 Å². The van der Waals surface area contributed by atoms with Gasteiger partial charge in [-0.15, -0.1) is 0 Å². The van der Waals surface area contributed by atoms with Gasteiger partial charge in [0, 0.05) is 4.47 Å². The predicted octanol–water partition coefficient (Wildman–Crippen LogP) is 3.57. The first kappa shape index (κ1) is 14.8. The highest BCUT2D eigenvalue weighted by Gasteiger charge is 2.21. The van der Waals surface area contributed by atoms with Crippen LogP contribution in [0.15, 0.2) is 53.0 Å². The van der Waals surface area contributed by atoms with Crippen molar-refractivity contribution in [2.75, 3.05) is 5.32 Å². The Morgan fingerprint density at radius 2 is 1.86 bits per heavy atom. The molecule has 0 bridgehead atoms. The second-order valence-corrected chi connectivity index (χ2v) is 5.18. The van der Waals surface area contributed by atoms with Crippen LogP contribution in [0.2, 0.25) is 0 Å². The lowest BCUT2D eigenvalue weighted by atomic mass is 9.99. The smallest absolute Gasteiger partial charge is 0.246 e. The van der Waals surface area contributed by atoms with E-state index >= 15 is 0 Å². The van der Waals surface area contributed by atoms with E-state index in [1.54, 1.807) is 42.5 Å². The normalized spacial score (nSPS) is 11.0. The van der Waals surface area contributed by atoms with Crippen molar-refractivity contribution in [2.45, 2.75) is 5.92 Å². The second kappa shape index (κ2) is 6.69. The van der Waals surface area contributed by atoms with Gasteiger partial charge < -0.3 is 5.32 Å². The summed E-state index contributed by atoms with van der Waals surface area (Å²) in [4.78, 5) is 12.3. The number of hydrogen-bond acceptors (Lipinski definition) is 3. The highest BCUT2D eigenvalue weighted by atomic mass is 79.9. The highest BCUT2D eigenvalue weighted by molar-refractivity contribution is 9.10. The zero-order valence-electron chi connectivity index (χ0n) is 10.9. The van der Waals surface area contributed by atoms with Gasteiger partial charge in [-0.25, -0.2) is 0 Å². The van der Waals surface area contributed by atoms with Gasteiger partial charge in [0.2, 0.25) is 5.91 Å². The fourth-order valence-corrected chi connectivity index (χ4v) is 2.21. The Balaban J connectivity index is 2.28. The Morgan fingerprint density at radius 3 is 2.48 bits per heavy atom. The van der Waals surface area contributed by atoms with E-state index in [0.29, 0.717) is 16.8 Å². The summed E-state index contributed by atoms with van der Waals surface area (Å²) in [6.07, 6.45) is 0. The molecule has 1 atom stereocenters. The lowest BCUT2D eigenvalue weighted by Gasteiger charge is -2.11. The summed E-state index contributed by atoms with van der Waals surface area (Å²) in [5.41, 5.74) is 1.34. The van der Waals surface area contributed by atoms with E-state index in [-0.39, 0.29) is 0 Å². The van der Waals surface area contributed by atoms with Gasteiger partial charge >= 0.3 is 0 Å². The maximum absolute atomic E-state index is 12.3. The molecule has 2 rings (SSSR count). The number of hydrogen-bond donors (Lipinski definition) is 1. The van der Waals surface area contributed by atoms with Gasteiger partial charge in [-0.05, 0) is 23.8 Å². The molecule has 0 spiro atoms. The minimum Gasteiger partial charge on any atom is -0.323 e. The van der Waals surface area contributed by atoms with E-state index in [1.165, 1.54) is 0 Å². The number of anilines is 1. The van der Waals surface area contributed by atoms with E-state index in [4.69, 9.17) is 5.26 Å². The number of benzene rings is 2. The number of rotatable bonds is 3. The molecule has 5 heteroatoms. The van der Waals surface area contributed by atoms with Crippen LogP contribution in [0.25, 0.3) is 0 Å². The molecule has 21 heavy (non-hydrogen) atoms. The molecule has 1 unspecified atom stereocenters. The van der Waals surface area contributed by atoms with Gasteiger partial charge in [0.25, 0.3) is 0 Å². The molecule has 0 aliphatic rings. The molecular weight excluding hydrogens is 330 g/mol. The third-order valence-electron chi connectivity index (χ3n) is 2.88. The lowest BCUT2D eigenvalue weighted by molar-refractivity contribution is -0.116. The summed E-state index contributed by atoms with van der Waals surface area (Å²) in [6, 6.07) is 17.7. The van der Waals surface area contributed by atoms with E-state index in [1.807, 2.05) is 18.2 Å². The van der Waals surface area contributed by atoms with E-state index < -0.39 is 11.8 Å². The van der Waals surface area contributed by atoms with Crippen LogP contribution >= 0.6 is 15.9 Å². The van der Waals surface area contributed by atoms with Crippen molar-refractivity contribution in [1.82, 2.24) is 0 Å². The molecule has 0 heterocycles. The van der Waals surface area contributed by atoms with E-state index in [0.717, 1.165) is 4.47 Å². The largest absolute Gasteiger partial charge is 0.323 e. The second-order valence-electron chi connectivity index (χ2n) is 4.26. The van der Waals surface area contributed by atoms with Gasteiger partial charge in [0.15, 0.2) is 5.92 Å². The van der Waals surface area contributed by atoms with Gasteiger partial charge in [-0.2, -0.15) is 10.5 Å². The van der Waals surface area contributed by atoms with Crippen LogP contribution in [0.4, 0.5) is 5.69 Å². The molecule has 0 aromatic heterocycles. The molecule has 2 aromatic rings. The third kappa shape index (κ3) is 3.47. The monoisotopic (exact) mass is 339 g/mol. The molecule has 0 aliphatic carbocycles.